The highest BCUT2D eigenvalue weighted by Crippen LogP contribution is 2.13. The topological polar surface area (TPSA) is 82.6 Å². The zero-order valence-electron chi connectivity index (χ0n) is 18.1. The molecule has 1 heterocycles. The molecule has 0 spiro atoms. The first-order valence-electron chi connectivity index (χ1n) is 10.4. The molecule has 0 saturated carbocycles. The molecule has 0 saturated heterocycles. The maximum Gasteiger partial charge on any atom is 0.330 e. The number of nitrogens with zero attached hydrogens (tertiary/aromatic N) is 1. The highest BCUT2D eigenvalue weighted by atomic mass is 16.6. The fourth-order valence-corrected chi connectivity index (χ4v) is 3.10. The van der Waals surface area contributed by atoms with Crippen molar-refractivity contribution in [2.24, 2.45) is 0 Å². The van der Waals surface area contributed by atoms with Crippen LogP contribution >= 0.6 is 0 Å². The number of hydrogen-bond acceptors (Lipinski definition) is 5. The number of aromatic amines is 1. The molecule has 32 heavy (non-hydrogen) atoms. The second-order valence-corrected chi connectivity index (χ2v) is 7.36. The third-order valence-electron chi connectivity index (χ3n) is 4.78. The first-order valence-corrected chi connectivity index (χ1v) is 10.4. The maximum atomic E-state index is 12.3. The van der Waals surface area contributed by atoms with Crippen LogP contribution in [0.15, 0.2) is 89.1 Å². The molecule has 0 aliphatic rings. The van der Waals surface area contributed by atoms with Gasteiger partial charge in [-0.05, 0) is 24.1 Å². The summed E-state index contributed by atoms with van der Waals surface area (Å²) in [4.78, 5) is 26.3. The van der Waals surface area contributed by atoms with Gasteiger partial charge < -0.3 is 14.2 Å². The Kier molecular flexibility index (Phi) is 8.74. The summed E-state index contributed by atoms with van der Waals surface area (Å²) >= 11 is 0. The van der Waals surface area contributed by atoms with Crippen molar-refractivity contribution in [1.82, 2.24) is 9.55 Å². The van der Waals surface area contributed by atoms with Crippen LogP contribution in [0.25, 0.3) is 0 Å². The molecule has 1 N–H and O–H groups in total. The minimum absolute atomic E-state index is 0.255. The van der Waals surface area contributed by atoms with Gasteiger partial charge in [-0.15, -0.1) is 0 Å². The van der Waals surface area contributed by atoms with Crippen LogP contribution < -0.4 is 11.2 Å². The molecule has 0 radical (unpaired) electrons. The summed E-state index contributed by atoms with van der Waals surface area (Å²) in [7, 11) is 0. The Balaban J connectivity index is 1.67. The van der Waals surface area contributed by atoms with Crippen molar-refractivity contribution >= 4 is 0 Å². The fraction of sp³-hybridized carbons (Fsp3) is 0.280. The lowest BCUT2D eigenvalue weighted by Crippen LogP contribution is -2.36. The van der Waals surface area contributed by atoms with E-state index in [4.69, 9.17) is 14.2 Å². The summed E-state index contributed by atoms with van der Waals surface area (Å²) in [6, 6.07) is 19.6. The molecule has 1 aromatic heterocycles. The van der Waals surface area contributed by atoms with Crippen LogP contribution in [-0.4, -0.2) is 28.9 Å². The number of rotatable bonds is 12. The van der Waals surface area contributed by atoms with Crippen molar-refractivity contribution in [3.8, 4) is 0 Å². The van der Waals surface area contributed by atoms with Crippen LogP contribution in [-0.2, 0) is 27.4 Å². The van der Waals surface area contributed by atoms with Gasteiger partial charge in [0.2, 0.25) is 0 Å². The summed E-state index contributed by atoms with van der Waals surface area (Å²) in [5.74, 6) is 0. The van der Waals surface area contributed by atoms with Crippen LogP contribution in [0.5, 0.6) is 0 Å². The molecule has 0 unspecified atom stereocenters. The Morgan fingerprint density at radius 2 is 1.47 bits per heavy atom. The van der Waals surface area contributed by atoms with Crippen molar-refractivity contribution in [2.45, 2.75) is 32.5 Å². The fourth-order valence-electron chi connectivity index (χ4n) is 3.10. The van der Waals surface area contributed by atoms with Gasteiger partial charge >= 0.3 is 5.69 Å². The average molecular weight is 437 g/mol. The van der Waals surface area contributed by atoms with E-state index in [-0.39, 0.29) is 13.2 Å². The number of ether oxygens (including phenoxy) is 3. The number of aryl methyl sites for hydroxylation is 1. The van der Waals surface area contributed by atoms with E-state index in [2.05, 4.69) is 11.6 Å². The predicted octanol–water partition coefficient (Wildman–Crippen LogP) is 3.35. The van der Waals surface area contributed by atoms with Crippen molar-refractivity contribution in [3.63, 3.8) is 0 Å². The third kappa shape index (κ3) is 6.88. The number of hydrogen-bond donors (Lipinski definition) is 1. The molecular weight excluding hydrogens is 408 g/mol. The second kappa shape index (κ2) is 12.0. The van der Waals surface area contributed by atoms with Crippen LogP contribution in [0.4, 0.5) is 0 Å². The number of benzene rings is 2. The second-order valence-electron chi connectivity index (χ2n) is 7.36. The third-order valence-corrected chi connectivity index (χ3v) is 4.78. The number of H-pyrrole nitrogens is 1. The van der Waals surface area contributed by atoms with Crippen LogP contribution in [0.2, 0.25) is 0 Å². The first kappa shape index (κ1) is 23.4. The Hall–Kier alpha value is -3.26. The van der Waals surface area contributed by atoms with Crippen molar-refractivity contribution in [2.75, 3.05) is 13.2 Å². The van der Waals surface area contributed by atoms with Gasteiger partial charge in [-0.2, -0.15) is 0 Å². The summed E-state index contributed by atoms with van der Waals surface area (Å²) in [6.07, 6.45) is 1.70. The van der Waals surface area contributed by atoms with Crippen molar-refractivity contribution < 1.29 is 14.2 Å². The standard InChI is InChI=1S/C25H28N2O5/c1-3-23(27-14-19(2)24(28)26-25(27)29)32-22(17-30-15-20-10-6-4-7-11-20)18-31-16-21-12-8-5-9-13-21/h3-14,22-23H,1,15-18H2,2H3,(H,26,28,29)/t23-/m0/s1. The molecule has 7 nitrogen and oxygen atoms in total. The summed E-state index contributed by atoms with van der Waals surface area (Å²) in [6.45, 7) is 6.77. The molecule has 0 aliphatic carbocycles. The smallest absolute Gasteiger partial charge is 0.330 e. The SMILES string of the molecule is C=C[C@H](OC(COCc1ccccc1)COCc1ccccc1)n1cc(C)c(=O)[nH]c1=O. The first-order chi connectivity index (χ1) is 15.6. The van der Waals surface area contributed by atoms with Crippen molar-refractivity contribution in [1.29, 1.82) is 0 Å². The molecular formula is C25H28N2O5. The molecule has 2 aromatic carbocycles. The van der Waals surface area contributed by atoms with Crippen LogP contribution in [0.3, 0.4) is 0 Å². The zero-order valence-corrected chi connectivity index (χ0v) is 18.1. The Morgan fingerprint density at radius 3 is 1.97 bits per heavy atom. The van der Waals surface area contributed by atoms with Gasteiger partial charge in [0.1, 0.15) is 6.10 Å². The molecule has 0 amide bonds. The zero-order chi connectivity index (χ0) is 22.8. The van der Waals surface area contributed by atoms with E-state index in [1.54, 1.807) is 6.92 Å². The Bertz CT molecular complexity index is 1050. The maximum absolute atomic E-state index is 12.3. The Labute approximate surface area is 186 Å². The lowest BCUT2D eigenvalue weighted by molar-refractivity contribution is -0.105. The summed E-state index contributed by atoms with van der Waals surface area (Å²) < 4.78 is 19.1. The van der Waals surface area contributed by atoms with E-state index in [1.807, 2.05) is 60.7 Å². The average Bonchev–Trinajstić information content (AvgIpc) is 2.81. The van der Waals surface area contributed by atoms with Gasteiger partial charge in [-0.25, -0.2) is 4.79 Å². The van der Waals surface area contributed by atoms with Gasteiger partial charge in [0, 0.05) is 11.8 Å². The van der Waals surface area contributed by atoms with E-state index >= 15 is 0 Å². The highest BCUT2D eigenvalue weighted by molar-refractivity contribution is 5.14. The quantitative estimate of drug-likeness (QED) is 0.440. The van der Waals surface area contributed by atoms with Gasteiger partial charge in [0.05, 0.1) is 26.4 Å². The largest absolute Gasteiger partial charge is 0.374 e. The molecule has 0 fully saturated rings. The number of nitrogens with one attached hydrogen (secondary N) is 1. The molecule has 168 valence electrons. The van der Waals surface area contributed by atoms with E-state index in [1.165, 1.54) is 16.8 Å². The minimum atomic E-state index is -0.788. The minimum Gasteiger partial charge on any atom is -0.374 e. The molecule has 3 rings (SSSR count). The molecule has 7 heteroatoms. The van der Waals surface area contributed by atoms with E-state index < -0.39 is 23.6 Å². The number of aromatic nitrogens is 2. The van der Waals surface area contributed by atoms with Crippen LogP contribution in [0.1, 0.15) is 22.9 Å². The van der Waals surface area contributed by atoms with Gasteiger partial charge in [0.15, 0.2) is 6.23 Å². The Morgan fingerprint density at radius 1 is 0.938 bits per heavy atom. The van der Waals surface area contributed by atoms with E-state index in [0.717, 1.165) is 11.1 Å². The predicted molar refractivity (Wildman–Crippen MR) is 122 cm³/mol. The summed E-state index contributed by atoms with van der Waals surface area (Å²) in [5.41, 5.74) is 1.49. The van der Waals surface area contributed by atoms with E-state index in [0.29, 0.717) is 18.8 Å². The van der Waals surface area contributed by atoms with Gasteiger partial charge in [-0.1, -0.05) is 67.2 Å². The molecule has 3 aromatic rings. The van der Waals surface area contributed by atoms with Gasteiger partial charge in [0.25, 0.3) is 5.56 Å². The molecule has 1 atom stereocenters. The van der Waals surface area contributed by atoms with Crippen LogP contribution in [0, 0.1) is 6.92 Å². The van der Waals surface area contributed by atoms with Crippen molar-refractivity contribution in [3.05, 3.63) is 117 Å². The van der Waals surface area contributed by atoms with E-state index in [9.17, 15) is 9.59 Å². The monoisotopic (exact) mass is 436 g/mol. The normalized spacial score (nSPS) is 12.1. The lowest BCUT2D eigenvalue weighted by atomic mass is 10.2. The highest BCUT2D eigenvalue weighted by Gasteiger charge is 2.19. The molecule has 0 bridgehead atoms. The summed E-state index contributed by atoms with van der Waals surface area (Å²) in [5, 5.41) is 0. The lowest BCUT2D eigenvalue weighted by Gasteiger charge is -2.24. The van der Waals surface area contributed by atoms with Gasteiger partial charge in [-0.3, -0.25) is 14.3 Å². The molecule has 0 aliphatic heterocycles.